The predicted octanol–water partition coefficient (Wildman–Crippen LogP) is 0.186. The molecule has 0 aliphatic carbocycles. The van der Waals surface area contributed by atoms with E-state index >= 15 is 0 Å². The topological polar surface area (TPSA) is 102 Å². The Bertz CT molecular complexity index is 691. The molecule has 2 N–H and O–H groups in total. The molecule has 0 fully saturated rings. The number of hydrogen-bond donors (Lipinski definition) is 2. The minimum atomic E-state index is -3.64. The number of likely N-dealkylation sites (N-methyl/N-ethyl adjacent to an activating group) is 1. The average molecular weight is 313 g/mol. The van der Waals surface area contributed by atoms with Gasteiger partial charge in [-0.2, -0.15) is 5.10 Å². The van der Waals surface area contributed by atoms with E-state index < -0.39 is 10.0 Å². The van der Waals surface area contributed by atoms with E-state index in [1.807, 2.05) is 7.05 Å². The minimum Gasteiger partial charge on any atom is -0.360 e. The molecule has 2 aromatic heterocycles. The summed E-state index contributed by atoms with van der Waals surface area (Å²) in [6, 6.07) is 1.61. The first-order valence-corrected chi connectivity index (χ1v) is 8.02. The highest BCUT2D eigenvalue weighted by atomic mass is 32.2. The van der Waals surface area contributed by atoms with Crippen molar-refractivity contribution in [3.05, 3.63) is 29.4 Å². The molecule has 0 atom stereocenters. The molecule has 116 valence electrons. The Hall–Kier alpha value is -1.71. The van der Waals surface area contributed by atoms with Gasteiger partial charge in [0.2, 0.25) is 10.0 Å². The number of aromatic nitrogens is 3. The zero-order chi connectivity index (χ0) is 15.5. The van der Waals surface area contributed by atoms with E-state index in [1.54, 1.807) is 24.6 Å². The highest BCUT2D eigenvalue weighted by Crippen LogP contribution is 2.19. The van der Waals surface area contributed by atoms with Gasteiger partial charge in [-0.05, 0) is 20.9 Å². The van der Waals surface area contributed by atoms with Crippen LogP contribution in [0.1, 0.15) is 17.1 Å². The number of rotatable bonds is 7. The Balaban J connectivity index is 2.21. The maximum atomic E-state index is 12.4. The second-order valence-electron chi connectivity index (χ2n) is 4.63. The van der Waals surface area contributed by atoms with Crippen molar-refractivity contribution in [3.63, 3.8) is 0 Å². The van der Waals surface area contributed by atoms with Crippen LogP contribution in [0.4, 0.5) is 0 Å². The van der Waals surface area contributed by atoms with E-state index in [-0.39, 0.29) is 11.4 Å². The summed E-state index contributed by atoms with van der Waals surface area (Å²) < 4.78 is 33.9. The number of nitrogens with one attached hydrogen (secondary N) is 2. The molecule has 21 heavy (non-hydrogen) atoms. The molecule has 2 heterocycles. The van der Waals surface area contributed by atoms with Crippen LogP contribution < -0.4 is 10.0 Å². The van der Waals surface area contributed by atoms with Crippen LogP contribution in [-0.4, -0.2) is 36.9 Å². The third-order valence-electron chi connectivity index (χ3n) is 3.09. The molecule has 0 radical (unpaired) electrons. The highest BCUT2D eigenvalue weighted by molar-refractivity contribution is 7.89. The van der Waals surface area contributed by atoms with Crippen LogP contribution in [0.2, 0.25) is 0 Å². The third-order valence-corrected chi connectivity index (χ3v) is 4.74. The van der Waals surface area contributed by atoms with Crippen LogP contribution in [0.25, 0.3) is 0 Å². The Morgan fingerprint density at radius 1 is 1.38 bits per heavy atom. The molecule has 8 nitrogen and oxygen atoms in total. The summed E-state index contributed by atoms with van der Waals surface area (Å²) in [7, 11) is -1.81. The molecular weight excluding hydrogens is 294 g/mol. The maximum Gasteiger partial charge on any atom is 0.244 e. The zero-order valence-electron chi connectivity index (χ0n) is 12.3. The molecule has 0 saturated carbocycles. The Kier molecular flexibility index (Phi) is 4.76. The van der Waals surface area contributed by atoms with Crippen molar-refractivity contribution >= 4 is 10.0 Å². The van der Waals surface area contributed by atoms with Crippen LogP contribution in [0.5, 0.6) is 0 Å². The van der Waals surface area contributed by atoms with Crippen molar-refractivity contribution in [2.75, 3.05) is 13.6 Å². The van der Waals surface area contributed by atoms with Gasteiger partial charge in [-0.25, -0.2) is 13.1 Å². The van der Waals surface area contributed by atoms with E-state index in [1.165, 1.54) is 6.20 Å². The largest absolute Gasteiger partial charge is 0.360 e. The number of nitrogens with zero attached hydrogens (tertiary/aromatic N) is 3. The van der Waals surface area contributed by atoms with Crippen molar-refractivity contribution in [2.24, 2.45) is 0 Å². The van der Waals surface area contributed by atoms with Gasteiger partial charge in [-0.1, -0.05) is 5.16 Å². The highest BCUT2D eigenvalue weighted by Gasteiger charge is 2.24. The number of sulfonamides is 1. The minimum absolute atomic E-state index is 0.0584. The Labute approximate surface area is 123 Å². The molecule has 0 unspecified atom stereocenters. The lowest BCUT2D eigenvalue weighted by Gasteiger charge is -2.07. The fraction of sp³-hybridized carbons (Fsp3) is 0.500. The van der Waals surface area contributed by atoms with Gasteiger partial charge < -0.3 is 9.84 Å². The quantitative estimate of drug-likeness (QED) is 0.756. The summed E-state index contributed by atoms with van der Waals surface area (Å²) >= 11 is 0. The smallest absolute Gasteiger partial charge is 0.244 e. The fourth-order valence-corrected chi connectivity index (χ4v) is 3.48. The molecule has 2 aromatic rings. The number of hydrogen-bond acceptors (Lipinski definition) is 6. The summed E-state index contributed by atoms with van der Waals surface area (Å²) in [4.78, 5) is 0.220. The lowest BCUT2D eigenvalue weighted by Crippen LogP contribution is -2.24. The molecule has 0 bridgehead atoms. The SMILES string of the molecule is CNCCn1nc(C)c(S(=O)(=O)NCc2ccno2)c1C. The second kappa shape index (κ2) is 6.37. The summed E-state index contributed by atoms with van der Waals surface area (Å²) in [5.74, 6) is 0.455. The first-order chi connectivity index (χ1) is 9.95. The lowest BCUT2D eigenvalue weighted by atomic mass is 10.4. The Morgan fingerprint density at radius 2 is 2.14 bits per heavy atom. The van der Waals surface area contributed by atoms with Crippen molar-refractivity contribution in [2.45, 2.75) is 31.8 Å². The lowest BCUT2D eigenvalue weighted by molar-refractivity contribution is 0.380. The van der Waals surface area contributed by atoms with E-state index in [9.17, 15) is 8.42 Å². The van der Waals surface area contributed by atoms with Gasteiger partial charge in [-0.15, -0.1) is 0 Å². The molecule has 0 aromatic carbocycles. The summed E-state index contributed by atoms with van der Waals surface area (Å²) in [5, 5.41) is 10.8. The van der Waals surface area contributed by atoms with Gasteiger partial charge >= 0.3 is 0 Å². The van der Waals surface area contributed by atoms with Gasteiger partial charge in [0.15, 0.2) is 5.76 Å². The third kappa shape index (κ3) is 3.49. The first kappa shape index (κ1) is 15.7. The predicted molar refractivity (Wildman–Crippen MR) is 76.2 cm³/mol. The maximum absolute atomic E-state index is 12.4. The monoisotopic (exact) mass is 313 g/mol. The summed E-state index contributed by atoms with van der Waals surface area (Å²) in [6.07, 6.45) is 1.47. The molecule has 9 heteroatoms. The summed E-state index contributed by atoms with van der Waals surface area (Å²) in [5.41, 5.74) is 1.10. The van der Waals surface area contributed by atoms with Crippen molar-refractivity contribution in [3.8, 4) is 0 Å². The zero-order valence-corrected chi connectivity index (χ0v) is 13.1. The van der Waals surface area contributed by atoms with Gasteiger partial charge in [0.05, 0.1) is 30.7 Å². The second-order valence-corrected chi connectivity index (χ2v) is 6.33. The molecule has 0 spiro atoms. The molecule has 0 amide bonds. The fourth-order valence-electron chi connectivity index (χ4n) is 2.08. The molecule has 0 saturated heterocycles. The van der Waals surface area contributed by atoms with Crippen LogP contribution >= 0.6 is 0 Å². The van der Waals surface area contributed by atoms with Gasteiger partial charge in [0.25, 0.3) is 0 Å². The first-order valence-electron chi connectivity index (χ1n) is 6.53. The van der Waals surface area contributed by atoms with Crippen LogP contribution in [0.15, 0.2) is 21.7 Å². The molecular formula is C12H19N5O3S. The molecule has 2 rings (SSSR count). The molecule has 0 aliphatic rings. The standard InChI is InChI=1S/C12H19N5O3S/c1-9-12(10(2)17(16-9)7-6-13-3)21(18,19)15-8-11-4-5-14-20-11/h4-5,13,15H,6-8H2,1-3H3. The summed E-state index contributed by atoms with van der Waals surface area (Å²) in [6.45, 7) is 4.82. The van der Waals surface area contributed by atoms with Gasteiger partial charge in [0.1, 0.15) is 4.90 Å². The normalized spacial score (nSPS) is 12.0. The van der Waals surface area contributed by atoms with E-state index in [0.29, 0.717) is 30.2 Å². The van der Waals surface area contributed by atoms with Gasteiger partial charge in [0, 0.05) is 12.6 Å². The van der Waals surface area contributed by atoms with Crippen LogP contribution in [-0.2, 0) is 23.1 Å². The van der Waals surface area contributed by atoms with E-state index in [4.69, 9.17) is 4.52 Å². The van der Waals surface area contributed by atoms with E-state index in [2.05, 4.69) is 20.3 Å². The number of aryl methyl sites for hydroxylation is 1. The Morgan fingerprint density at radius 3 is 2.76 bits per heavy atom. The molecule has 0 aliphatic heterocycles. The van der Waals surface area contributed by atoms with Crippen LogP contribution in [0.3, 0.4) is 0 Å². The van der Waals surface area contributed by atoms with Crippen molar-refractivity contribution in [1.82, 2.24) is 25.0 Å². The average Bonchev–Trinajstić information content (AvgIpc) is 3.03. The van der Waals surface area contributed by atoms with E-state index in [0.717, 1.165) is 0 Å². The van der Waals surface area contributed by atoms with Crippen LogP contribution in [0, 0.1) is 13.8 Å². The van der Waals surface area contributed by atoms with Gasteiger partial charge in [-0.3, -0.25) is 4.68 Å². The van der Waals surface area contributed by atoms with Crippen molar-refractivity contribution < 1.29 is 12.9 Å². The van der Waals surface area contributed by atoms with Crippen molar-refractivity contribution in [1.29, 1.82) is 0 Å².